The normalized spacial score (nSPS) is 11.7. The number of piperazine rings is 1. The van der Waals surface area contributed by atoms with Crippen molar-refractivity contribution in [1.29, 1.82) is 21.0 Å². The lowest BCUT2D eigenvalue weighted by molar-refractivity contribution is 0.585. The average Bonchev–Trinajstić information content (AvgIpc) is 3.35. The molecule has 0 radical (unpaired) electrons. The molecular formula is C57H61ClN14. The number of nitrogens with one attached hydrogen (secondary N) is 3. The first-order valence-corrected chi connectivity index (χ1v) is 24.3. The Labute approximate surface area is 427 Å². The van der Waals surface area contributed by atoms with Crippen molar-refractivity contribution in [2.45, 2.75) is 61.8 Å². The summed E-state index contributed by atoms with van der Waals surface area (Å²) in [7, 11) is 0. The molecule has 0 bridgehead atoms. The van der Waals surface area contributed by atoms with E-state index in [2.05, 4.69) is 98.2 Å². The molecule has 0 aliphatic carbocycles. The molecule has 5 heterocycles. The molecule has 1 aliphatic heterocycles. The van der Waals surface area contributed by atoms with E-state index in [0.29, 0.717) is 53.5 Å². The number of benzene rings is 4. The summed E-state index contributed by atoms with van der Waals surface area (Å²) in [6.07, 6.45) is 0.859. The Morgan fingerprint density at radius 3 is 1.28 bits per heavy atom. The van der Waals surface area contributed by atoms with Gasteiger partial charge in [0.05, 0.1) is 44.3 Å². The molecule has 14 nitrogen and oxygen atoms in total. The Morgan fingerprint density at radius 2 is 0.875 bits per heavy atom. The molecule has 0 spiro atoms. The van der Waals surface area contributed by atoms with Gasteiger partial charge >= 0.3 is 0 Å². The van der Waals surface area contributed by atoms with Crippen molar-refractivity contribution in [2.75, 3.05) is 67.9 Å². The van der Waals surface area contributed by atoms with Gasteiger partial charge in [-0.05, 0) is 161 Å². The fourth-order valence-electron chi connectivity index (χ4n) is 8.70. The fourth-order valence-corrected chi connectivity index (χ4v) is 8.89. The number of aryl methyl sites for hydroxylation is 8. The predicted octanol–water partition coefficient (Wildman–Crippen LogP) is 10.1. The third-order valence-electron chi connectivity index (χ3n) is 12.1. The zero-order valence-electron chi connectivity index (χ0n) is 42.3. The molecule has 1 aliphatic rings. The van der Waals surface area contributed by atoms with E-state index in [1.807, 2.05) is 84.0 Å². The van der Waals surface area contributed by atoms with Gasteiger partial charge in [-0.2, -0.15) is 21.0 Å². The number of nitriles is 4. The van der Waals surface area contributed by atoms with E-state index in [1.54, 1.807) is 6.07 Å². The summed E-state index contributed by atoms with van der Waals surface area (Å²) >= 11 is 5.87. The van der Waals surface area contributed by atoms with Gasteiger partial charge in [-0.15, -0.1) is 0 Å². The van der Waals surface area contributed by atoms with Crippen LogP contribution >= 0.6 is 11.6 Å². The number of hydrogen-bond acceptors (Lipinski definition) is 14. The molecule has 366 valence electrons. The monoisotopic (exact) mass is 976 g/mol. The molecular weight excluding hydrogens is 916 g/mol. The van der Waals surface area contributed by atoms with Crippen LogP contribution in [-0.2, 0) is 0 Å². The zero-order chi connectivity index (χ0) is 52.1. The highest BCUT2D eigenvalue weighted by Gasteiger charge is 2.18. The van der Waals surface area contributed by atoms with Crippen LogP contribution in [-0.4, -0.2) is 72.3 Å². The first-order chi connectivity index (χ1) is 34.6. The van der Waals surface area contributed by atoms with E-state index in [1.165, 1.54) is 22.3 Å². The van der Waals surface area contributed by atoms with Crippen LogP contribution in [0.3, 0.4) is 0 Å². The molecule has 15 heteroatoms. The maximum atomic E-state index is 9.42. The molecule has 4 aromatic carbocycles. The molecule has 1 fully saturated rings. The summed E-state index contributed by atoms with van der Waals surface area (Å²) in [6, 6.07) is 32.8. The number of nitrogens with two attached hydrogens (primary N) is 2. The number of nitrogens with zero attached hydrogens (tertiary/aromatic N) is 9. The van der Waals surface area contributed by atoms with Crippen molar-refractivity contribution in [1.82, 2.24) is 25.3 Å². The van der Waals surface area contributed by atoms with Crippen LogP contribution in [0.2, 0.25) is 5.15 Å². The fraction of sp³-hybridized carbons (Fsp3) is 0.298. The number of pyridine rings is 4. The highest BCUT2D eigenvalue weighted by Crippen LogP contribution is 2.29. The molecule has 0 unspecified atom stereocenters. The molecule has 7 N–H and O–H groups in total. The van der Waals surface area contributed by atoms with Gasteiger partial charge in [0.25, 0.3) is 0 Å². The van der Waals surface area contributed by atoms with E-state index in [9.17, 15) is 10.5 Å². The molecule has 0 saturated carbocycles. The van der Waals surface area contributed by atoms with Crippen LogP contribution in [0.5, 0.6) is 0 Å². The Bertz CT molecular complexity index is 3460. The Morgan fingerprint density at radius 1 is 0.500 bits per heavy atom. The van der Waals surface area contributed by atoms with Crippen LogP contribution in [0.1, 0.15) is 73.2 Å². The van der Waals surface area contributed by atoms with E-state index in [0.717, 1.165) is 111 Å². The molecule has 8 aromatic rings. The van der Waals surface area contributed by atoms with Gasteiger partial charge in [-0.25, -0.2) is 19.9 Å². The summed E-state index contributed by atoms with van der Waals surface area (Å²) < 4.78 is 0. The SMILES string of the molecule is Cc1cc(C)c2cc(C#N)c(Cl)nc2c1.Cc1cc(C)c2cc(C#N)c(N3CCNCC3)nc2c1.Cc1cc(C)c2cc(C#N)c(NCCCN)nc2c1.Cc1cc(C)c2cc(C#N)c(NCCN)nc2c1. The quantitative estimate of drug-likeness (QED) is 0.0704. The molecule has 1 saturated heterocycles. The minimum absolute atomic E-state index is 0.273. The highest BCUT2D eigenvalue weighted by atomic mass is 35.5. The lowest BCUT2D eigenvalue weighted by Crippen LogP contribution is -2.44. The van der Waals surface area contributed by atoms with Gasteiger partial charge in [-0.1, -0.05) is 35.9 Å². The second-order valence-corrected chi connectivity index (χ2v) is 18.4. The van der Waals surface area contributed by atoms with Crippen molar-refractivity contribution in [3.63, 3.8) is 0 Å². The standard InChI is InChI=1S/C16H18N4.C15H18N4.C14H16N4.C12H9ClN2/c1-11-7-12(2)14-9-13(10-17)16(19-15(14)8-11)20-5-3-18-4-6-20;1-10-6-11(2)13-8-12(9-17)15(18-5-3-4-16)19-14(13)7-10;1-9-5-10(2)12-7-11(8-16)14(17-4-3-15)18-13(12)6-9;1-7-3-8(2)10-5-9(6-14)12(13)15-11(10)4-7/h7-9,18H,3-6H2,1-2H3;6-8H,3-5,16H2,1-2H3,(H,18,19);5-7H,3-4,15H2,1-2H3,(H,17,18);3-5H,1-2H3. The first kappa shape index (κ1) is 53.4. The third kappa shape index (κ3) is 13.1. The second-order valence-electron chi connectivity index (χ2n) is 18.0. The van der Waals surface area contributed by atoms with Crippen LogP contribution in [0.4, 0.5) is 17.5 Å². The average molecular weight is 978 g/mol. The number of anilines is 3. The van der Waals surface area contributed by atoms with Crippen molar-refractivity contribution in [2.24, 2.45) is 11.5 Å². The van der Waals surface area contributed by atoms with Gasteiger partial charge in [0, 0.05) is 67.4 Å². The lowest BCUT2D eigenvalue weighted by Gasteiger charge is -2.29. The van der Waals surface area contributed by atoms with Crippen molar-refractivity contribution in [3.8, 4) is 24.3 Å². The summed E-state index contributed by atoms with van der Waals surface area (Å²) in [5.41, 5.74) is 26.1. The maximum absolute atomic E-state index is 9.42. The van der Waals surface area contributed by atoms with E-state index in [-0.39, 0.29) is 5.15 Å². The van der Waals surface area contributed by atoms with Gasteiger partial charge in [0.1, 0.15) is 46.9 Å². The minimum atomic E-state index is 0.273. The topological polar surface area (TPSA) is 238 Å². The van der Waals surface area contributed by atoms with Crippen LogP contribution < -0.4 is 32.3 Å². The Hall–Kier alpha value is -7.95. The second kappa shape index (κ2) is 24.7. The Balaban J connectivity index is 0.000000158. The van der Waals surface area contributed by atoms with Gasteiger partial charge in [0.2, 0.25) is 0 Å². The van der Waals surface area contributed by atoms with E-state index in [4.69, 9.17) is 38.6 Å². The van der Waals surface area contributed by atoms with E-state index >= 15 is 0 Å². The summed E-state index contributed by atoms with van der Waals surface area (Å²) in [5, 5.41) is 50.6. The van der Waals surface area contributed by atoms with Gasteiger partial charge in [0.15, 0.2) is 0 Å². The summed E-state index contributed by atoms with van der Waals surface area (Å²) in [6.45, 7) is 22.5. The molecule has 4 aromatic heterocycles. The number of fused-ring (bicyclic) bond motifs is 4. The molecule has 0 atom stereocenters. The number of hydrogen-bond donors (Lipinski definition) is 5. The lowest BCUT2D eigenvalue weighted by atomic mass is 10.0. The first-order valence-electron chi connectivity index (χ1n) is 23.9. The zero-order valence-corrected chi connectivity index (χ0v) is 43.1. The maximum Gasteiger partial charge on any atom is 0.147 e. The molecule has 9 rings (SSSR count). The van der Waals surface area contributed by atoms with Gasteiger partial charge < -0.3 is 32.3 Å². The predicted molar refractivity (Wildman–Crippen MR) is 294 cm³/mol. The smallest absolute Gasteiger partial charge is 0.147 e. The molecule has 72 heavy (non-hydrogen) atoms. The third-order valence-corrected chi connectivity index (χ3v) is 12.4. The van der Waals surface area contributed by atoms with Crippen molar-refractivity contribution >= 4 is 72.7 Å². The van der Waals surface area contributed by atoms with Crippen LogP contribution in [0, 0.1) is 101 Å². The van der Waals surface area contributed by atoms with Crippen molar-refractivity contribution < 1.29 is 0 Å². The summed E-state index contributed by atoms with van der Waals surface area (Å²) in [5.74, 6) is 2.08. The molecule has 0 amide bonds. The number of aromatic nitrogens is 4. The largest absolute Gasteiger partial charge is 0.369 e. The van der Waals surface area contributed by atoms with Crippen molar-refractivity contribution in [3.05, 3.63) is 145 Å². The minimum Gasteiger partial charge on any atom is -0.369 e. The number of rotatable bonds is 8. The highest BCUT2D eigenvalue weighted by molar-refractivity contribution is 6.31. The Kier molecular flexibility index (Phi) is 18.4. The number of halogens is 1. The van der Waals surface area contributed by atoms with Crippen LogP contribution in [0.15, 0.2) is 72.8 Å². The van der Waals surface area contributed by atoms with Crippen LogP contribution in [0.25, 0.3) is 43.6 Å². The van der Waals surface area contributed by atoms with E-state index < -0.39 is 0 Å². The van der Waals surface area contributed by atoms with Gasteiger partial charge in [-0.3, -0.25) is 0 Å². The summed E-state index contributed by atoms with van der Waals surface area (Å²) in [4.78, 5) is 20.3.